The van der Waals surface area contributed by atoms with E-state index in [0.717, 1.165) is 11.6 Å². The van der Waals surface area contributed by atoms with E-state index in [1.807, 2.05) is 0 Å². The first-order valence-electron chi connectivity index (χ1n) is 7.89. The molecule has 0 atom stereocenters. The molecule has 134 valence electrons. The highest BCUT2D eigenvalue weighted by atomic mass is 32.2. The third kappa shape index (κ3) is 3.62. The molecular weight excluding hydrogens is 345 g/mol. The summed E-state index contributed by atoms with van der Waals surface area (Å²) in [4.78, 5) is -0.0712. The van der Waals surface area contributed by atoms with Crippen molar-refractivity contribution < 1.29 is 22.3 Å². The van der Waals surface area contributed by atoms with Crippen LogP contribution >= 0.6 is 0 Å². The molecule has 2 aromatic carbocycles. The topological polar surface area (TPSA) is 64.6 Å². The molecule has 0 saturated carbocycles. The summed E-state index contributed by atoms with van der Waals surface area (Å²) in [5.41, 5.74) is 0.272. The lowest BCUT2D eigenvalue weighted by atomic mass is 9.95. The second-order valence-electron chi connectivity index (χ2n) is 6.50. The molecule has 0 saturated heterocycles. The Kier molecular flexibility index (Phi) is 4.47. The molecule has 0 fully saturated rings. The van der Waals surface area contributed by atoms with Crippen LogP contribution < -0.4 is 14.2 Å². The van der Waals surface area contributed by atoms with E-state index in [4.69, 9.17) is 9.47 Å². The Morgan fingerprint density at radius 2 is 1.72 bits per heavy atom. The van der Waals surface area contributed by atoms with Gasteiger partial charge < -0.3 is 9.47 Å². The number of benzene rings is 2. The zero-order valence-electron chi connectivity index (χ0n) is 14.3. The maximum Gasteiger partial charge on any atom is 0.241 e. The van der Waals surface area contributed by atoms with Gasteiger partial charge in [0.15, 0.2) is 11.5 Å². The van der Waals surface area contributed by atoms with Gasteiger partial charge >= 0.3 is 0 Å². The molecule has 1 heterocycles. The van der Waals surface area contributed by atoms with Crippen molar-refractivity contribution in [1.29, 1.82) is 0 Å². The first-order chi connectivity index (χ1) is 11.7. The average molecular weight is 365 g/mol. The highest BCUT2D eigenvalue weighted by molar-refractivity contribution is 7.89. The van der Waals surface area contributed by atoms with Crippen LogP contribution in [0.3, 0.4) is 0 Å². The summed E-state index contributed by atoms with van der Waals surface area (Å²) in [6.45, 7) is 6.05. The fourth-order valence-electron chi connectivity index (χ4n) is 2.75. The summed E-state index contributed by atoms with van der Waals surface area (Å²) in [5, 5.41) is 0. The molecule has 5 nitrogen and oxygen atoms in total. The highest BCUT2D eigenvalue weighted by Gasteiger charge is 2.30. The maximum atomic E-state index is 13.5. The Labute approximate surface area is 146 Å². The molecule has 0 aliphatic carbocycles. The van der Waals surface area contributed by atoms with Crippen molar-refractivity contribution in [2.24, 2.45) is 0 Å². The molecule has 0 radical (unpaired) electrons. The fraction of sp³-hybridized carbons (Fsp3) is 0.333. The third-order valence-corrected chi connectivity index (χ3v) is 5.89. The van der Waals surface area contributed by atoms with Gasteiger partial charge in [0.1, 0.15) is 19.0 Å². The van der Waals surface area contributed by atoms with Crippen LogP contribution in [0.1, 0.15) is 25.0 Å². The minimum absolute atomic E-state index is 0.0712. The molecule has 7 heteroatoms. The predicted molar refractivity (Wildman–Crippen MR) is 91.9 cm³/mol. The number of halogens is 1. The van der Waals surface area contributed by atoms with Gasteiger partial charge in [0.2, 0.25) is 10.0 Å². The van der Waals surface area contributed by atoms with Gasteiger partial charge in [0.25, 0.3) is 0 Å². The zero-order chi connectivity index (χ0) is 18.2. The summed E-state index contributed by atoms with van der Waals surface area (Å²) in [7, 11) is -3.90. The molecule has 1 aliphatic heterocycles. The van der Waals surface area contributed by atoms with Crippen molar-refractivity contribution in [3.05, 3.63) is 53.3 Å². The van der Waals surface area contributed by atoms with E-state index in [2.05, 4.69) is 4.72 Å². The Bertz CT molecular complexity index is 909. The zero-order valence-corrected chi connectivity index (χ0v) is 15.1. The summed E-state index contributed by atoms with van der Waals surface area (Å²) >= 11 is 0. The SMILES string of the molecule is Cc1ccc(F)cc1S(=O)(=O)NC(C)(C)c1ccc2c(c1)OCCO2. The van der Waals surface area contributed by atoms with Crippen LogP contribution in [0.25, 0.3) is 0 Å². The van der Waals surface area contributed by atoms with Gasteiger partial charge in [-0.1, -0.05) is 12.1 Å². The fourth-order valence-corrected chi connectivity index (χ4v) is 4.40. The lowest BCUT2D eigenvalue weighted by Gasteiger charge is -2.28. The molecule has 0 amide bonds. The van der Waals surface area contributed by atoms with Crippen LogP contribution in [0.5, 0.6) is 11.5 Å². The summed E-state index contributed by atoms with van der Waals surface area (Å²) in [6, 6.07) is 9.01. The van der Waals surface area contributed by atoms with Crippen molar-refractivity contribution in [3.8, 4) is 11.5 Å². The monoisotopic (exact) mass is 365 g/mol. The Balaban J connectivity index is 1.94. The summed E-state index contributed by atoms with van der Waals surface area (Å²) < 4.78 is 52.7. The molecule has 0 spiro atoms. The molecule has 25 heavy (non-hydrogen) atoms. The van der Waals surface area contributed by atoms with Gasteiger partial charge in [-0.05, 0) is 56.2 Å². The highest BCUT2D eigenvalue weighted by Crippen LogP contribution is 2.35. The van der Waals surface area contributed by atoms with E-state index < -0.39 is 21.4 Å². The molecule has 3 rings (SSSR count). The molecule has 0 unspecified atom stereocenters. The molecule has 1 N–H and O–H groups in total. The van der Waals surface area contributed by atoms with Gasteiger partial charge in [0, 0.05) is 0 Å². The molecule has 1 aliphatic rings. The Morgan fingerprint density at radius 1 is 1.04 bits per heavy atom. The first-order valence-corrected chi connectivity index (χ1v) is 9.38. The number of sulfonamides is 1. The van der Waals surface area contributed by atoms with Gasteiger partial charge in [-0.15, -0.1) is 0 Å². The van der Waals surface area contributed by atoms with Crippen LogP contribution in [-0.2, 0) is 15.6 Å². The van der Waals surface area contributed by atoms with Crippen molar-refractivity contribution in [1.82, 2.24) is 4.72 Å². The maximum absolute atomic E-state index is 13.5. The minimum atomic E-state index is -3.90. The largest absolute Gasteiger partial charge is 0.486 e. The first kappa shape index (κ1) is 17.7. The van der Waals surface area contributed by atoms with E-state index in [1.54, 1.807) is 39.0 Å². The van der Waals surface area contributed by atoms with Crippen molar-refractivity contribution in [2.75, 3.05) is 13.2 Å². The smallest absolute Gasteiger partial charge is 0.241 e. The Hall–Kier alpha value is -2.12. The summed E-state index contributed by atoms with van der Waals surface area (Å²) in [6.07, 6.45) is 0. The summed E-state index contributed by atoms with van der Waals surface area (Å²) in [5.74, 6) is 0.621. The number of rotatable bonds is 4. The van der Waals surface area contributed by atoms with Crippen LogP contribution in [0.4, 0.5) is 4.39 Å². The van der Waals surface area contributed by atoms with E-state index in [9.17, 15) is 12.8 Å². The predicted octanol–water partition coefficient (Wildman–Crippen LogP) is 3.12. The van der Waals surface area contributed by atoms with Gasteiger partial charge in [-0.25, -0.2) is 17.5 Å². The van der Waals surface area contributed by atoms with Crippen LogP contribution in [0, 0.1) is 12.7 Å². The number of fused-ring (bicyclic) bond motifs is 1. The van der Waals surface area contributed by atoms with Crippen LogP contribution in [-0.4, -0.2) is 21.6 Å². The standard InChI is InChI=1S/C18H20FNO4S/c1-12-4-6-14(19)11-17(12)25(21,22)20-18(2,3)13-5-7-15-16(10-13)24-9-8-23-15/h4-7,10-11,20H,8-9H2,1-3H3. The van der Waals surface area contributed by atoms with Crippen molar-refractivity contribution in [2.45, 2.75) is 31.2 Å². The average Bonchev–Trinajstić information content (AvgIpc) is 2.55. The van der Waals surface area contributed by atoms with Gasteiger partial charge in [-0.2, -0.15) is 0 Å². The number of hydrogen-bond donors (Lipinski definition) is 1. The van der Waals surface area contributed by atoms with Crippen molar-refractivity contribution >= 4 is 10.0 Å². The molecule has 2 aromatic rings. The second-order valence-corrected chi connectivity index (χ2v) is 8.15. The normalized spacial score (nSPS) is 14.4. The second kappa shape index (κ2) is 6.31. The Morgan fingerprint density at radius 3 is 2.44 bits per heavy atom. The van der Waals surface area contributed by atoms with E-state index >= 15 is 0 Å². The molecular formula is C18H20FNO4S. The quantitative estimate of drug-likeness (QED) is 0.904. The van der Waals surface area contributed by atoms with Gasteiger partial charge in [-0.3, -0.25) is 0 Å². The van der Waals surface area contributed by atoms with Gasteiger partial charge in [0.05, 0.1) is 10.4 Å². The number of ether oxygens (including phenoxy) is 2. The number of aryl methyl sites for hydroxylation is 1. The number of nitrogens with one attached hydrogen (secondary N) is 1. The van der Waals surface area contributed by atoms with Crippen LogP contribution in [0.15, 0.2) is 41.3 Å². The van der Waals surface area contributed by atoms with Crippen molar-refractivity contribution in [3.63, 3.8) is 0 Å². The van der Waals surface area contributed by atoms with E-state index in [-0.39, 0.29) is 4.90 Å². The van der Waals surface area contributed by atoms with E-state index in [1.165, 1.54) is 12.1 Å². The lowest BCUT2D eigenvalue weighted by molar-refractivity contribution is 0.171. The van der Waals surface area contributed by atoms with E-state index in [0.29, 0.717) is 30.3 Å². The third-order valence-electron chi connectivity index (χ3n) is 4.09. The minimum Gasteiger partial charge on any atom is -0.486 e. The molecule has 0 aromatic heterocycles. The van der Waals surface area contributed by atoms with Crippen LogP contribution in [0.2, 0.25) is 0 Å². The number of hydrogen-bond acceptors (Lipinski definition) is 4. The molecule has 0 bridgehead atoms. The lowest BCUT2D eigenvalue weighted by Crippen LogP contribution is -2.41.